The van der Waals surface area contributed by atoms with Crippen molar-refractivity contribution in [2.75, 3.05) is 13.2 Å². The summed E-state index contributed by atoms with van der Waals surface area (Å²) in [5.41, 5.74) is 1.14. The predicted molar refractivity (Wildman–Crippen MR) is 93.6 cm³/mol. The zero-order chi connectivity index (χ0) is 16.9. The molecular weight excluding hydrogens is 302 g/mol. The van der Waals surface area contributed by atoms with E-state index < -0.39 is 0 Å². The van der Waals surface area contributed by atoms with Gasteiger partial charge in [0.25, 0.3) is 0 Å². The fourth-order valence-corrected chi connectivity index (χ4v) is 4.01. The molecule has 0 aromatic carbocycles. The molecular formula is C19H31N3O2. The van der Waals surface area contributed by atoms with Crippen molar-refractivity contribution in [1.29, 1.82) is 0 Å². The molecule has 5 nitrogen and oxygen atoms in total. The Hall–Kier alpha value is -1.36. The number of nitrogens with zero attached hydrogens (tertiary/aromatic N) is 3. The zero-order valence-corrected chi connectivity index (χ0v) is 15.1. The Labute approximate surface area is 145 Å². The minimum Gasteiger partial charge on any atom is -0.376 e. The summed E-state index contributed by atoms with van der Waals surface area (Å²) in [6, 6.07) is 0.409. The third-order valence-corrected chi connectivity index (χ3v) is 5.56. The lowest BCUT2D eigenvalue weighted by Crippen LogP contribution is -2.46. The summed E-state index contributed by atoms with van der Waals surface area (Å²) < 4.78 is 7.60. The van der Waals surface area contributed by atoms with Crippen LogP contribution in [0.1, 0.15) is 57.4 Å². The monoisotopic (exact) mass is 333 g/mol. The Morgan fingerprint density at radius 3 is 2.75 bits per heavy atom. The maximum absolute atomic E-state index is 12.9. The SMILES string of the molecule is CC1CCC(N(CC2CCCO2)C(=O)CCc2cnn(C)c2)CC1. The molecule has 0 bridgehead atoms. The van der Waals surface area contributed by atoms with E-state index in [0.29, 0.717) is 12.5 Å². The van der Waals surface area contributed by atoms with Crippen LogP contribution in [0.3, 0.4) is 0 Å². The predicted octanol–water partition coefficient (Wildman–Crippen LogP) is 2.94. The van der Waals surface area contributed by atoms with Gasteiger partial charge in [-0.15, -0.1) is 0 Å². The Bertz CT molecular complexity index is 528. The highest BCUT2D eigenvalue weighted by molar-refractivity contribution is 5.76. The number of amides is 1. The second-order valence-corrected chi connectivity index (χ2v) is 7.62. The van der Waals surface area contributed by atoms with Gasteiger partial charge in [0.2, 0.25) is 5.91 Å². The molecule has 1 aliphatic carbocycles. The second kappa shape index (κ2) is 8.15. The number of hydrogen-bond donors (Lipinski definition) is 0. The summed E-state index contributed by atoms with van der Waals surface area (Å²) in [7, 11) is 1.91. The van der Waals surface area contributed by atoms with E-state index in [1.54, 1.807) is 4.68 Å². The average molecular weight is 333 g/mol. The fourth-order valence-electron chi connectivity index (χ4n) is 4.01. The molecule has 5 heteroatoms. The van der Waals surface area contributed by atoms with Crippen molar-refractivity contribution in [1.82, 2.24) is 14.7 Å². The van der Waals surface area contributed by atoms with E-state index in [1.807, 2.05) is 19.4 Å². The Balaban J connectivity index is 1.59. The number of aryl methyl sites for hydroxylation is 2. The van der Waals surface area contributed by atoms with Gasteiger partial charge >= 0.3 is 0 Å². The third kappa shape index (κ3) is 4.59. The van der Waals surface area contributed by atoms with Gasteiger partial charge in [-0.05, 0) is 56.4 Å². The topological polar surface area (TPSA) is 47.4 Å². The molecule has 134 valence electrons. The standard InChI is InChI=1S/C19H31N3O2/c1-15-5-8-17(9-6-15)22(14-18-4-3-11-24-18)19(23)10-7-16-12-20-21(2)13-16/h12-13,15,17-18H,3-11,14H2,1-2H3. The van der Waals surface area contributed by atoms with Crippen LogP contribution in [0.2, 0.25) is 0 Å². The summed E-state index contributed by atoms with van der Waals surface area (Å²) >= 11 is 0. The lowest BCUT2D eigenvalue weighted by atomic mass is 9.86. The molecule has 1 atom stereocenters. The summed E-state index contributed by atoms with van der Waals surface area (Å²) in [6.07, 6.45) is 12.4. The van der Waals surface area contributed by atoms with Gasteiger partial charge < -0.3 is 9.64 Å². The first-order valence-corrected chi connectivity index (χ1v) is 9.50. The Kier molecular flexibility index (Phi) is 5.93. The molecule has 1 aliphatic heterocycles. The van der Waals surface area contributed by atoms with Crippen LogP contribution in [0.4, 0.5) is 0 Å². The average Bonchev–Trinajstić information content (AvgIpc) is 3.23. The van der Waals surface area contributed by atoms with Gasteiger partial charge in [-0.3, -0.25) is 9.48 Å². The zero-order valence-electron chi connectivity index (χ0n) is 15.1. The van der Waals surface area contributed by atoms with Gasteiger partial charge in [-0.1, -0.05) is 6.92 Å². The van der Waals surface area contributed by atoms with Gasteiger partial charge in [0.15, 0.2) is 0 Å². The quantitative estimate of drug-likeness (QED) is 0.804. The summed E-state index contributed by atoms with van der Waals surface area (Å²) in [6.45, 7) is 3.96. The molecule has 1 saturated carbocycles. The molecule has 0 radical (unpaired) electrons. The van der Waals surface area contributed by atoms with Crippen LogP contribution in [0.15, 0.2) is 12.4 Å². The normalized spacial score (nSPS) is 27.3. The van der Waals surface area contributed by atoms with Crippen LogP contribution in [0.25, 0.3) is 0 Å². The molecule has 24 heavy (non-hydrogen) atoms. The fraction of sp³-hybridized carbons (Fsp3) is 0.789. The van der Waals surface area contributed by atoms with E-state index in [1.165, 1.54) is 12.8 Å². The van der Waals surface area contributed by atoms with Crippen molar-refractivity contribution in [2.45, 2.75) is 70.4 Å². The lowest BCUT2D eigenvalue weighted by Gasteiger charge is -2.37. The van der Waals surface area contributed by atoms with Crippen LogP contribution in [-0.2, 0) is 23.0 Å². The van der Waals surface area contributed by atoms with E-state index in [-0.39, 0.29) is 12.0 Å². The van der Waals surface area contributed by atoms with Gasteiger partial charge in [0.1, 0.15) is 0 Å². The first-order chi connectivity index (χ1) is 11.6. The Morgan fingerprint density at radius 1 is 1.33 bits per heavy atom. The molecule has 0 spiro atoms. The van der Waals surface area contributed by atoms with E-state index in [0.717, 1.165) is 56.7 Å². The first-order valence-electron chi connectivity index (χ1n) is 9.50. The number of rotatable bonds is 6. The molecule has 0 N–H and O–H groups in total. The lowest BCUT2D eigenvalue weighted by molar-refractivity contribution is -0.136. The minimum absolute atomic E-state index is 0.242. The van der Waals surface area contributed by atoms with Crippen LogP contribution in [0.5, 0.6) is 0 Å². The smallest absolute Gasteiger partial charge is 0.223 e. The van der Waals surface area contributed by atoms with Crippen LogP contribution < -0.4 is 0 Å². The maximum Gasteiger partial charge on any atom is 0.223 e. The molecule has 1 aromatic rings. The van der Waals surface area contributed by atoms with Crippen LogP contribution >= 0.6 is 0 Å². The molecule has 2 heterocycles. The van der Waals surface area contributed by atoms with Crippen molar-refractivity contribution in [2.24, 2.45) is 13.0 Å². The summed E-state index contributed by atoms with van der Waals surface area (Å²) in [5, 5.41) is 4.19. The molecule has 1 amide bonds. The number of aromatic nitrogens is 2. The minimum atomic E-state index is 0.242. The number of carbonyl (C=O) groups is 1. The van der Waals surface area contributed by atoms with Crippen LogP contribution in [-0.4, -0.2) is 45.9 Å². The largest absolute Gasteiger partial charge is 0.376 e. The molecule has 2 fully saturated rings. The van der Waals surface area contributed by atoms with E-state index >= 15 is 0 Å². The van der Waals surface area contributed by atoms with E-state index in [9.17, 15) is 4.79 Å². The number of hydrogen-bond acceptors (Lipinski definition) is 3. The second-order valence-electron chi connectivity index (χ2n) is 7.62. The molecule has 3 rings (SSSR count). The molecule has 1 aromatic heterocycles. The van der Waals surface area contributed by atoms with Gasteiger partial charge in [0, 0.05) is 38.9 Å². The highest BCUT2D eigenvalue weighted by atomic mass is 16.5. The highest BCUT2D eigenvalue weighted by Crippen LogP contribution is 2.28. The van der Waals surface area contributed by atoms with E-state index in [2.05, 4.69) is 16.9 Å². The molecule has 1 saturated heterocycles. The summed E-state index contributed by atoms with van der Waals surface area (Å²) in [5.74, 6) is 1.09. The van der Waals surface area contributed by atoms with Crippen LogP contribution in [0, 0.1) is 5.92 Å². The van der Waals surface area contributed by atoms with Gasteiger partial charge in [-0.25, -0.2) is 0 Å². The highest BCUT2D eigenvalue weighted by Gasteiger charge is 2.30. The maximum atomic E-state index is 12.9. The first kappa shape index (κ1) is 17.5. The number of ether oxygens (including phenoxy) is 1. The van der Waals surface area contributed by atoms with Gasteiger partial charge in [0.05, 0.1) is 12.3 Å². The van der Waals surface area contributed by atoms with Crippen molar-refractivity contribution >= 4 is 5.91 Å². The summed E-state index contributed by atoms with van der Waals surface area (Å²) in [4.78, 5) is 15.1. The van der Waals surface area contributed by atoms with Crippen molar-refractivity contribution in [3.05, 3.63) is 18.0 Å². The van der Waals surface area contributed by atoms with E-state index in [4.69, 9.17) is 4.74 Å². The number of carbonyl (C=O) groups excluding carboxylic acids is 1. The van der Waals surface area contributed by atoms with Crippen molar-refractivity contribution < 1.29 is 9.53 Å². The van der Waals surface area contributed by atoms with Gasteiger partial charge in [-0.2, -0.15) is 5.10 Å². The molecule has 2 aliphatic rings. The third-order valence-electron chi connectivity index (χ3n) is 5.56. The van der Waals surface area contributed by atoms with Crippen molar-refractivity contribution in [3.63, 3.8) is 0 Å². The van der Waals surface area contributed by atoms with Crippen molar-refractivity contribution in [3.8, 4) is 0 Å². The Morgan fingerprint density at radius 2 is 2.12 bits per heavy atom. The molecule has 1 unspecified atom stereocenters.